The van der Waals surface area contributed by atoms with Crippen LogP contribution < -0.4 is 5.73 Å². The Hall–Kier alpha value is -1.74. The van der Waals surface area contributed by atoms with E-state index in [0.717, 1.165) is 22.8 Å². The van der Waals surface area contributed by atoms with Crippen molar-refractivity contribution in [3.63, 3.8) is 0 Å². The van der Waals surface area contributed by atoms with Crippen LogP contribution in [0.2, 0.25) is 0 Å². The maximum atomic E-state index is 12.6. The summed E-state index contributed by atoms with van der Waals surface area (Å²) in [6, 6.07) is 7.65. The topological polar surface area (TPSA) is 56.0 Å². The van der Waals surface area contributed by atoms with Crippen molar-refractivity contribution in [3.8, 4) is 0 Å². The average Bonchev–Trinajstić information content (AvgIpc) is 2.43. The lowest BCUT2D eigenvalue weighted by atomic mass is 9.88. The smallest absolute Gasteiger partial charge is 0.167 e. The lowest BCUT2D eigenvalue weighted by Gasteiger charge is -2.16. The van der Waals surface area contributed by atoms with Crippen LogP contribution in [0.4, 0.5) is 0 Å². The first kappa shape index (κ1) is 13.7. The number of aromatic nitrogens is 1. The van der Waals surface area contributed by atoms with Crippen LogP contribution in [-0.4, -0.2) is 17.3 Å². The van der Waals surface area contributed by atoms with E-state index in [1.54, 1.807) is 12.4 Å². The summed E-state index contributed by atoms with van der Waals surface area (Å²) in [6.45, 7) is 4.63. The second-order valence-electron chi connectivity index (χ2n) is 5.33. The van der Waals surface area contributed by atoms with Crippen molar-refractivity contribution in [3.05, 3.63) is 42.2 Å². The highest BCUT2D eigenvalue weighted by Gasteiger charge is 2.21. The van der Waals surface area contributed by atoms with E-state index in [4.69, 9.17) is 5.73 Å². The Kier molecular flexibility index (Phi) is 4.27. The lowest BCUT2D eigenvalue weighted by Crippen LogP contribution is -2.25. The van der Waals surface area contributed by atoms with Gasteiger partial charge in [0, 0.05) is 35.8 Å². The number of benzene rings is 1. The standard InChI is InChI=1S/C16H20N2O/c1-11(2)8-13(9-17)16(19)15-5-3-4-12-10-18-7-6-14(12)15/h3-7,10-11,13H,8-9,17H2,1-2H3. The zero-order chi connectivity index (χ0) is 13.8. The van der Waals surface area contributed by atoms with Crippen LogP contribution in [0.15, 0.2) is 36.7 Å². The van der Waals surface area contributed by atoms with Crippen LogP contribution in [0.3, 0.4) is 0 Å². The van der Waals surface area contributed by atoms with Crippen molar-refractivity contribution >= 4 is 16.6 Å². The molecular formula is C16H20N2O. The number of pyridine rings is 1. The number of Topliss-reactive ketones (excluding diaryl/α,β-unsaturated/α-hetero) is 1. The van der Waals surface area contributed by atoms with Crippen LogP contribution in [-0.2, 0) is 0 Å². The van der Waals surface area contributed by atoms with E-state index in [2.05, 4.69) is 18.8 Å². The van der Waals surface area contributed by atoms with E-state index in [0.29, 0.717) is 12.5 Å². The first-order chi connectivity index (χ1) is 9.13. The van der Waals surface area contributed by atoms with Gasteiger partial charge in [-0.05, 0) is 23.8 Å². The van der Waals surface area contributed by atoms with Crippen molar-refractivity contribution in [1.29, 1.82) is 0 Å². The molecule has 0 aliphatic carbocycles. The summed E-state index contributed by atoms with van der Waals surface area (Å²) in [5.41, 5.74) is 6.53. The predicted octanol–water partition coefficient (Wildman–Crippen LogP) is 3.04. The molecule has 1 atom stereocenters. The molecule has 3 nitrogen and oxygen atoms in total. The van der Waals surface area contributed by atoms with Gasteiger partial charge in [-0.15, -0.1) is 0 Å². The summed E-state index contributed by atoms with van der Waals surface area (Å²) in [6.07, 6.45) is 4.34. The van der Waals surface area contributed by atoms with Gasteiger partial charge in [-0.1, -0.05) is 32.0 Å². The fraction of sp³-hybridized carbons (Fsp3) is 0.375. The van der Waals surface area contributed by atoms with Gasteiger partial charge in [0.25, 0.3) is 0 Å². The van der Waals surface area contributed by atoms with Gasteiger partial charge in [0.15, 0.2) is 5.78 Å². The fourth-order valence-electron chi connectivity index (χ4n) is 2.44. The number of carbonyl (C=O) groups excluding carboxylic acids is 1. The molecule has 2 rings (SSSR count). The molecule has 1 aromatic heterocycles. The van der Waals surface area contributed by atoms with Crippen molar-refractivity contribution in [2.24, 2.45) is 17.6 Å². The van der Waals surface area contributed by atoms with Crippen molar-refractivity contribution in [1.82, 2.24) is 4.98 Å². The number of hydrogen-bond donors (Lipinski definition) is 1. The third kappa shape index (κ3) is 2.99. The summed E-state index contributed by atoms with van der Waals surface area (Å²) >= 11 is 0. The summed E-state index contributed by atoms with van der Waals surface area (Å²) in [5, 5.41) is 1.96. The normalized spacial score (nSPS) is 12.8. The minimum absolute atomic E-state index is 0.0984. The number of carbonyl (C=O) groups is 1. The van der Waals surface area contributed by atoms with Gasteiger partial charge in [0.1, 0.15) is 0 Å². The Morgan fingerprint density at radius 2 is 2.11 bits per heavy atom. The van der Waals surface area contributed by atoms with E-state index < -0.39 is 0 Å². The molecule has 2 aromatic rings. The van der Waals surface area contributed by atoms with E-state index in [9.17, 15) is 4.79 Å². The van der Waals surface area contributed by atoms with Crippen LogP contribution in [0.1, 0.15) is 30.6 Å². The van der Waals surface area contributed by atoms with Crippen molar-refractivity contribution in [2.45, 2.75) is 20.3 Å². The lowest BCUT2D eigenvalue weighted by molar-refractivity contribution is 0.0910. The second-order valence-corrected chi connectivity index (χ2v) is 5.33. The molecule has 3 heteroatoms. The Morgan fingerprint density at radius 3 is 2.79 bits per heavy atom. The first-order valence-corrected chi connectivity index (χ1v) is 6.70. The number of nitrogens with two attached hydrogens (primary N) is 1. The van der Waals surface area contributed by atoms with Crippen LogP contribution in [0.25, 0.3) is 10.8 Å². The van der Waals surface area contributed by atoms with Gasteiger partial charge in [0.2, 0.25) is 0 Å². The van der Waals surface area contributed by atoms with Crippen LogP contribution in [0.5, 0.6) is 0 Å². The number of fused-ring (bicyclic) bond motifs is 1. The van der Waals surface area contributed by atoms with E-state index in [1.807, 2.05) is 24.3 Å². The molecule has 2 N–H and O–H groups in total. The maximum absolute atomic E-state index is 12.6. The van der Waals surface area contributed by atoms with Crippen LogP contribution >= 0.6 is 0 Å². The molecule has 0 aliphatic rings. The highest BCUT2D eigenvalue weighted by Crippen LogP contribution is 2.23. The predicted molar refractivity (Wildman–Crippen MR) is 78.1 cm³/mol. The number of nitrogens with zero attached hydrogens (tertiary/aromatic N) is 1. The SMILES string of the molecule is CC(C)CC(CN)C(=O)c1cccc2cnccc12. The number of rotatable bonds is 5. The quantitative estimate of drug-likeness (QED) is 0.836. The molecule has 0 aliphatic heterocycles. The number of ketones is 1. The van der Waals surface area contributed by atoms with E-state index in [-0.39, 0.29) is 11.7 Å². The molecule has 19 heavy (non-hydrogen) atoms. The molecule has 0 amide bonds. The molecule has 0 radical (unpaired) electrons. The zero-order valence-corrected chi connectivity index (χ0v) is 11.5. The summed E-state index contributed by atoms with van der Waals surface area (Å²) in [7, 11) is 0. The highest BCUT2D eigenvalue weighted by molar-refractivity contribution is 6.09. The van der Waals surface area contributed by atoms with Crippen molar-refractivity contribution < 1.29 is 4.79 Å². The minimum atomic E-state index is -0.0984. The maximum Gasteiger partial charge on any atom is 0.167 e. The third-order valence-corrected chi connectivity index (χ3v) is 3.36. The second kappa shape index (κ2) is 5.93. The Morgan fingerprint density at radius 1 is 1.32 bits per heavy atom. The molecule has 100 valence electrons. The van der Waals surface area contributed by atoms with Gasteiger partial charge in [-0.25, -0.2) is 0 Å². The van der Waals surface area contributed by atoms with Gasteiger partial charge >= 0.3 is 0 Å². The Balaban J connectivity index is 2.40. The van der Waals surface area contributed by atoms with Crippen LogP contribution in [0, 0.1) is 11.8 Å². The largest absolute Gasteiger partial charge is 0.330 e. The molecule has 0 bridgehead atoms. The molecule has 0 spiro atoms. The molecule has 0 fully saturated rings. The first-order valence-electron chi connectivity index (χ1n) is 6.70. The molecule has 1 aromatic carbocycles. The minimum Gasteiger partial charge on any atom is -0.330 e. The molecule has 0 saturated heterocycles. The van der Waals surface area contributed by atoms with Gasteiger partial charge < -0.3 is 5.73 Å². The summed E-state index contributed by atoms with van der Waals surface area (Å²) in [4.78, 5) is 16.7. The van der Waals surface area contributed by atoms with Crippen molar-refractivity contribution in [2.75, 3.05) is 6.54 Å². The zero-order valence-electron chi connectivity index (χ0n) is 11.5. The third-order valence-electron chi connectivity index (χ3n) is 3.36. The molecule has 1 unspecified atom stereocenters. The molecule has 0 saturated carbocycles. The van der Waals surface area contributed by atoms with E-state index >= 15 is 0 Å². The van der Waals surface area contributed by atoms with E-state index in [1.165, 1.54) is 0 Å². The fourth-order valence-corrected chi connectivity index (χ4v) is 2.44. The Bertz CT molecular complexity index is 572. The highest BCUT2D eigenvalue weighted by atomic mass is 16.1. The Labute approximate surface area is 113 Å². The summed E-state index contributed by atoms with van der Waals surface area (Å²) in [5.74, 6) is 0.515. The average molecular weight is 256 g/mol. The molecular weight excluding hydrogens is 236 g/mol. The summed E-state index contributed by atoms with van der Waals surface area (Å²) < 4.78 is 0. The van der Waals surface area contributed by atoms with Gasteiger partial charge in [-0.2, -0.15) is 0 Å². The van der Waals surface area contributed by atoms with Gasteiger partial charge in [-0.3, -0.25) is 9.78 Å². The van der Waals surface area contributed by atoms with Gasteiger partial charge in [0.05, 0.1) is 0 Å². The monoisotopic (exact) mass is 256 g/mol. The number of hydrogen-bond acceptors (Lipinski definition) is 3. The molecule has 1 heterocycles.